The van der Waals surface area contributed by atoms with E-state index in [-0.39, 0.29) is 11.7 Å². The van der Waals surface area contributed by atoms with Crippen LogP contribution in [0.2, 0.25) is 0 Å². The number of rotatable bonds is 5. The van der Waals surface area contributed by atoms with Crippen molar-refractivity contribution in [2.75, 3.05) is 7.05 Å². The summed E-state index contributed by atoms with van der Waals surface area (Å²) in [5.74, 6) is -2.14. The first-order valence-electron chi connectivity index (χ1n) is 6.73. The first-order valence-corrected chi connectivity index (χ1v) is 6.73. The molecule has 0 bridgehead atoms. The van der Waals surface area contributed by atoms with Crippen molar-refractivity contribution in [3.05, 3.63) is 59.9 Å². The quantitative estimate of drug-likeness (QED) is 0.853. The number of amides is 1. The lowest BCUT2D eigenvalue weighted by Crippen LogP contribution is -2.37. The highest BCUT2D eigenvalue weighted by Gasteiger charge is 2.20. The highest BCUT2D eigenvalue weighted by Crippen LogP contribution is 2.17. The monoisotopic (exact) mass is 306 g/mol. The van der Waals surface area contributed by atoms with E-state index in [1.165, 1.54) is 11.0 Å². The van der Waals surface area contributed by atoms with Gasteiger partial charge in [-0.2, -0.15) is 0 Å². The highest BCUT2D eigenvalue weighted by molar-refractivity contribution is 5.80. The number of halogens is 2. The largest absolute Gasteiger partial charge is 0.481 e. The van der Waals surface area contributed by atoms with Crippen molar-refractivity contribution in [1.29, 1.82) is 0 Å². The fourth-order valence-corrected chi connectivity index (χ4v) is 1.96. The maximum absolute atomic E-state index is 13.1. The summed E-state index contributed by atoms with van der Waals surface area (Å²) in [6, 6.07) is 6.80. The number of pyridine rings is 1. The topological polar surface area (TPSA) is 42.4 Å². The summed E-state index contributed by atoms with van der Waals surface area (Å²) in [5, 5.41) is 0. The molecule has 1 amide bonds. The molecule has 0 fully saturated rings. The molecule has 2 rings (SSSR count). The summed E-state index contributed by atoms with van der Waals surface area (Å²) in [5.41, 5.74) is 0.887. The Morgan fingerprint density at radius 1 is 1.32 bits per heavy atom. The van der Waals surface area contributed by atoms with Crippen LogP contribution in [-0.4, -0.2) is 28.9 Å². The third-order valence-corrected chi connectivity index (χ3v) is 3.07. The number of ether oxygens (including phenoxy) is 1. The van der Waals surface area contributed by atoms with Gasteiger partial charge in [0.05, 0.1) is 0 Å². The van der Waals surface area contributed by atoms with Crippen LogP contribution in [0.5, 0.6) is 5.75 Å². The van der Waals surface area contributed by atoms with Gasteiger partial charge in [0, 0.05) is 32.1 Å². The average Bonchev–Trinajstić information content (AvgIpc) is 2.51. The zero-order chi connectivity index (χ0) is 16.1. The van der Waals surface area contributed by atoms with Crippen LogP contribution in [0.1, 0.15) is 12.5 Å². The third kappa shape index (κ3) is 4.00. The molecule has 0 saturated carbocycles. The van der Waals surface area contributed by atoms with Gasteiger partial charge < -0.3 is 9.64 Å². The first kappa shape index (κ1) is 15.9. The van der Waals surface area contributed by atoms with E-state index in [0.29, 0.717) is 6.54 Å². The van der Waals surface area contributed by atoms with Gasteiger partial charge in [-0.15, -0.1) is 0 Å². The molecule has 0 aliphatic carbocycles. The summed E-state index contributed by atoms with van der Waals surface area (Å²) in [6.07, 6.45) is 2.51. The summed E-state index contributed by atoms with van der Waals surface area (Å²) in [6.45, 7) is 1.95. The molecule has 116 valence electrons. The molecule has 1 aromatic heterocycles. The Hall–Kier alpha value is -2.50. The molecule has 6 heteroatoms. The van der Waals surface area contributed by atoms with Crippen LogP contribution in [0, 0.1) is 11.6 Å². The number of carbonyl (C=O) groups is 1. The van der Waals surface area contributed by atoms with Crippen molar-refractivity contribution in [2.45, 2.75) is 19.6 Å². The lowest BCUT2D eigenvalue weighted by Gasteiger charge is -2.22. The van der Waals surface area contributed by atoms with Crippen LogP contribution in [0.15, 0.2) is 42.7 Å². The molecular weight excluding hydrogens is 290 g/mol. The Morgan fingerprint density at radius 2 is 2.09 bits per heavy atom. The zero-order valence-electron chi connectivity index (χ0n) is 12.3. The second kappa shape index (κ2) is 6.98. The Labute approximate surface area is 127 Å². The van der Waals surface area contributed by atoms with Gasteiger partial charge in [0.15, 0.2) is 17.7 Å². The van der Waals surface area contributed by atoms with Crippen molar-refractivity contribution in [2.24, 2.45) is 0 Å². The van der Waals surface area contributed by atoms with Gasteiger partial charge in [-0.3, -0.25) is 9.78 Å². The second-order valence-electron chi connectivity index (χ2n) is 4.89. The van der Waals surface area contributed by atoms with E-state index >= 15 is 0 Å². The van der Waals surface area contributed by atoms with Gasteiger partial charge in [0.2, 0.25) is 0 Å². The first-order chi connectivity index (χ1) is 10.5. The predicted octanol–water partition coefficient (Wildman–Crippen LogP) is 2.79. The van der Waals surface area contributed by atoms with E-state index in [1.807, 2.05) is 6.07 Å². The number of aromatic nitrogens is 1. The minimum Gasteiger partial charge on any atom is -0.481 e. The normalized spacial score (nSPS) is 11.8. The molecule has 0 aliphatic heterocycles. The number of likely N-dealkylation sites (N-methyl/N-ethyl adjacent to an activating group) is 1. The maximum Gasteiger partial charge on any atom is 0.263 e. The summed E-state index contributed by atoms with van der Waals surface area (Å²) >= 11 is 0. The molecule has 0 spiro atoms. The van der Waals surface area contributed by atoms with Crippen LogP contribution in [0.4, 0.5) is 8.78 Å². The number of benzene rings is 1. The van der Waals surface area contributed by atoms with Gasteiger partial charge >= 0.3 is 0 Å². The Morgan fingerprint density at radius 3 is 2.73 bits per heavy atom. The van der Waals surface area contributed by atoms with Gasteiger partial charge in [0.25, 0.3) is 5.91 Å². The van der Waals surface area contributed by atoms with Crippen LogP contribution >= 0.6 is 0 Å². The molecule has 0 saturated heterocycles. The molecule has 1 heterocycles. The van der Waals surface area contributed by atoms with Crippen LogP contribution < -0.4 is 4.74 Å². The van der Waals surface area contributed by atoms with E-state index in [1.54, 1.807) is 32.4 Å². The van der Waals surface area contributed by atoms with E-state index in [0.717, 1.165) is 17.7 Å². The number of nitrogens with zero attached hydrogens (tertiary/aromatic N) is 2. The third-order valence-electron chi connectivity index (χ3n) is 3.07. The SMILES string of the molecule is CC(Oc1ccc(F)c(F)c1)C(=O)N(C)Cc1cccnc1. The predicted molar refractivity (Wildman–Crippen MR) is 77.2 cm³/mol. The maximum atomic E-state index is 13.1. The summed E-state index contributed by atoms with van der Waals surface area (Å²) in [7, 11) is 1.64. The smallest absolute Gasteiger partial charge is 0.263 e. The number of carbonyl (C=O) groups excluding carboxylic acids is 1. The van der Waals surface area contributed by atoms with Gasteiger partial charge in [-0.1, -0.05) is 6.07 Å². The van der Waals surface area contributed by atoms with Crippen molar-refractivity contribution in [3.63, 3.8) is 0 Å². The zero-order valence-corrected chi connectivity index (χ0v) is 12.3. The minimum absolute atomic E-state index is 0.106. The number of hydrogen-bond donors (Lipinski definition) is 0. The van der Waals surface area contributed by atoms with E-state index in [4.69, 9.17) is 4.74 Å². The fraction of sp³-hybridized carbons (Fsp3) is 0.250. The minimum atomic E-state index is -1.01. The number of hydrogen-bond acceptors (Lipinski definition) is 3. The molecule has 0 N–H and O–H groups in total. The Balaban J connectivity index is 1.97. The Kier molecular flexibility index (Phi) is 5.04. The van der Waals surface area contributed by atoms with E-state index in [2.05, 4.69) is 4.98 Å². The fourth-order valence-electron chi connectivity index (χ4n) is 1.96. The van der Waals surface area contributed by atoms with Crippen LogP contribution in [0.25, 0.3) is 0 Å². The van der Waals surface area contributed by atoms with Crippen molar-refractivity contribution in [3.8, 4) is 5.75 Å². The lowest BCUT2D eigenvalue weighted by molar-refractivity contribution is -0.137. The molecule has 2 aromatic rings. The molecule has 1 aromatic carbocycles. The summed E-state index contributed by atoms with van der Waals surface area (Å²) < 4.78 is 31.3. The van der Waals surface area contributed by atoms with Crippen LogP contribution in [-0.2, 0) is 11.3 Å². The molecular formula is C16H16F2N2O2. The van der Waals surface area contributed by atoms with Crippen LogP contribution in [0.3, 0.4) is 0 Å². The average molecular weight is 306 g/mol. The van der Waals surface area contributed by atoms with Crippen molar-refractivity contribution in [1.82, 2.24) is 9.88 Å². The van der Waals surface area contributed by atoms with E-state index in [9.17, 15) is 13.6 Å². The highest BCUT2D eigenvalue weighted by atomic mass is 19.2. The molecule has 1 atom stereocenters. The lowest BCUT2D eigenvalue weighted by atomic mass is 10.2. The second-order valence-corrected chi connectivity index (χ2v) is 4.89. The molecule has 22 heavy (non-hydrogen) atoms. The van der Waals surface area contributed by atoms with Gasteiger partial charge in [-0.05, 0) is 30.7 Å². The molecule has 0 aliphatic rings. The molecule has 1 unspecified atom stereocenters. The molecule has 4 nitrogen and oxygen atoms in total. The molecule has 0 radical (unpaired) electrons. The van der Waals surface area contributed by atoms with Crippen molar-refractivity contribution < 1.29 is 18.3 Å². The van der Waals surface area contributed by atoms with E-state index < -0.39 is 17.7 Å². The van der Waals surface area contributed by atoms with Gasteiger partial charge in [0.1, 0.15) is 5.75 Å². The Bertz CT molecular complexity index is 650. The van der Waals surface area contributed by atoms with Gasteiger partial charge in [-0.25, -0.2) is 8.78 Å². The van der Waals surface area contributed by atoms with Crippen molar-refractivity contribution >= 4 is 5.91 Å². The standard InChI is InChI=1S/C16H16F2N2O2/c1-11(22-13-5-6-14(17)15(18)8-13)16(21)20(2)10-12-4-3-7-19-9-12/h3-9,11H,10H2,1-2H3. The summed E-state index contributed by atoms with van der Waals surface area (Å²) in [4.78, 5) is 17.7.